The van der Waals surface area contributed by atoms with Gasteiger partial charge < -0.3 is 14.8 Å². The van der Waals surface area contributed by atoms with Crippen molar-refractivity contribution in [3.8, 4) is 11.5 Å². The zero-order valence-electron chi connectivity index (χ0n) is 16.8. The Morgan fingerprint density at radius 3 is 2.61 bits per heavy atom. The van der Waals surface area contributed by atoms with Gasteiger partial charge in [0.15, 0.2) is 11.6 Å². The number of methoxy groups -OCH3 is 1. The van der Waals surface area contributed by atoms with E-state index in [0.29, 0.717) is 10.7 Å². The quantitative estimate of drug-likeness (QED) is 0.597. The number of carbonyl (C=O) groups is 3. The summed E-state index contributed by atoms with van der Waals surface area (Å²) >= 11 is 0.857. The molecule has 1 aliphatic rings. The monoisotopic (exact) mass is 444 g/mol. The molecule has 0 atom stereocenters. The molecule has 31 heavy (non-hydrogen) atoms. The number of rotatable bonds is 9. The molecule has 1 saturated heterocycles. The van der Waals surface area contributed by atoms with Gasteiger partial charge in [0.1, 0.15) is 5.75 Å². The molecule has 3 amide bonds. The smallest absolute Gasteiger partial charge is 0.293 e. The third kappa shape index (κ3) is 6.08. The molecule has 1 heterocycles. The molecule has 0 spiro atoms. The average molecular weight is 444 g/mol. The number of benzene rings is 2. The Kier molecular flexibility index (Phi) is 7.66. The van der Waals surface area contributed by atoms with Crippen molar-refractivity contribution in [3.05, 3.63) is 64.8 Å². The molecule has 0 radical (unpaired) electrons. The SMILES string of the molecule is COc1ccc(/C=C2/SC(=O)N(CCNC(=O)CCOc3ccccc3F)C2=O)cc1. The number of carbonyl (C=O) groups excluding carboxylic acids is 3. The van der Waals surface area contributed by atoms with Crippen LogP contribution in [0.5, 0.6) is 11.5 Å². The third-order valence-corrected chi connectivity index (χ3v) is 5.28. The van der Waals surface area contributed by atoms with Crippen molar-refractivity contribution in [3.63, 3.8) is 0 Å². The highest BCUT2D eigenvalue weighted by atomic mass is 32.2. The van der Waals surface area contributed by atoms with Crippen molar-refractivity contribution < 1.29 is 28.2 Å². The Morgan fingerprint density at radius 2 is 1.90 bits per heavy atom. The number of hydrogen-bond donors (Lipinski definition) is 1. The van der Waals surface area contributed by atoms with E-state index in [1.54, 1.807) is 49.6 Å². The summed E-state index contributed by atoms with van der Waals surface area (Å²) in [5.74, 6) is -0.443. The molecular weight excluding hydrogens is 423 g/mol. The molecule has 0 unspecified atom stereocenters. The second-order valence-corrected chi connectivity index (χ2v) is 7.48. The Balaban J connectivity index is 1.44. The number of imide groups is 1. The van der Waals surface area contributed by atoms with Crippen LogP contribution in [0.25, 0.3) is 6.08 Å². The van der Waals surface area contributed by atoms with E-state index < -0.39 is 11.7 Å². The van der Waals surface area contributed by atoms with Gasteiger partial charge in [0, 0.05) is 13.1 Å². The first-order chi connectivity index (χ1) is 15.0. The Hall–Kier alpha value is -3.33. The number of halogens is 1. The van der Waals surface area contributed by atoms with E-state index >= 15 is 0 Å². The molecule has 2 aromatic rings. The maximum Gasteiger partial charge on any atom is 0.293 e. The highest BCUT2D eigenvalue weighted by Gasteiger charge is 2.34. The van der Waals surface area contributed by atoms with E-state index in [4.69, 9.17) is 9.47 Å². The Labute approximate surface area is 183 Å². The van der Waals surface area contributed by atoms with Gasteiger partial charge in [-0.05, 0) is 47.7 Å². The second-order valence-electron chi connectivity index (χ2n) is 6.49. The van der Waals surface area contributed by atoms with Crippen LogP contribution in [-0.4, -0.2) is 48.8 Å². The summed E-state index contributed by atoms with van der Waals surface area (Å²) in [5.41, 5.74) is 0.773. The van der Waals surface area contributed by atoms with Gasteiger partial charge in [-0.2, -0.15) is 0 Å². The summed E-state index contributed by atoms with van der Waals surface area (Å²) in [7, 11) is 1.56. The lowest BCUT2D eigenvalue weighted by molar-refractivity contribution is -0.124. The summed E-state index contributed by atoms with van der Waals surface area (Å²) < 4.78 is 23.8. The van der Waals surface area contributed by atoms with Crippen molar-refractivity contribution in [1.29, 1.82) is 0 Å². The van der Waals surface area contributed by atoms with Crippen molar-refractivity contribution >= 4 is 34.9 Å². The molecule has 1 fully saturated rings. The summed E-state index contributed by atoms with van der Waals surface area (Å²) in [4.78, 5) is 38.0. The van der Waals surface area contributed by atoms with Gasteiger partial charge in [0.2, 0.25) is 5.91 Å². The first kappa shape index (κ1) is 22.4. The number of thioether (sulfide) groups is 1. The molecule has 0 saturated carbocycles. The first-order valence-electron chi connectivity index (χ1n) is 9.51. The highest BCUT2D eigenvalue weighted by molar-refractivity contribution is 8.18. The van der Waals surface area contributed by atoms with Crippen LogP contribution in [0.2, 0.25) is 0 Å². The van der Waals surface area contributed by atoms with E-state index in [0.717, 1.165) is 22.2 Å². The fourth-order valence-electron chi connectivity index (χ4n) is 2.76. The number of ether oxygens (including phenoxy) is 2. The molecule has 0 aromatic heterocycles. The van der Waals surface area contributed by atoms with Crippen LogP contribution in [-0.2, 0) is 9.59 Å². The van der Waals surface area contributed by atoms with Crippen LogP contribution in [0.15, 0.2) is 53.4 Å². The summed E-state index contributed by atoms with van der Waals surface area (Å²) in [6.45, 7) is 0.190. The second kappa shape index (κ2) is 10.6. The van der Waals surface area contributed by atoms with Gasteiger partial charge in [-0.15, -0.1) is 0 Å². The molecule has 1 N–H and O–H groups in total. The average Bonchev–Trinajstić information content (AvgIpc) is 3.03. The van der Waals surface area contributed by atoms with E-state index in [1.165, 1.54) is 12.1 Å². The van der Waals surface area contributed by atoms with Crippen LogP contribution < -0.4 is 14.8 Å². The lowest BCUT2D eigenvalue weighted by atomic mass is 10.2. The van der Waals surface area contributed by atoms with Crippen LogP contribution in [0.4, 0.5) is 9.18 Å². The minimum absolute atomic E-state index is 0.0128. The van der Waals surface area contributed by atoms with Gasteiger partial charge in [-0.25, -0.2) is 4.39 Å². The normalized spacial score (nSPS) is 14.8. The topological polar surface area (TPSA) is 84.9 Å². The number of amides is 3. The third-order valence-electron chi connectivity index (χ3n) is 4.37. The lowest BCUT2D eigenvalue weighted by Gasteiger charge is -2.13. The van der Waals surface area contributed by atoms with Crippen molar-refractivity contribution in [2.24, 2.45) is 0 Å². The summed E-state index contributed by atoms with van der Waals surface area (Å²) in [6.07, 6.45) is 1.66. The minimum atomic E-state index is -0.495. The standard InChI is InChI=1S/C22H21FN2O5S/c1-29-16-8-6-15(7-9-16)14-19-21(27)25(22(28)31-19)12-11-24-20(26)10-13-30-18-5-3-2-4-17(18)23/h2-9,14H,10-13H2,1H3,(H,24,26)/b19-14+. The highest BCUT2D eigenvalue weighted by Crippen LogP contribution is 2.32. The van der Waals surface area contributed by atoms with Gasteiger partial charge in [0.05, 0.1) is 25.0 Å². The van der Waals surface area contributed by atoms with Crippen LogP contribution in [0.3, 0.4) is 0 Å². The van der Waals surface area contributed by atoms with Crippen molar-refractivity contribution in [2.45, 2.75) is 6.42 Å². The predicted molar refractivity (Wildman–Crippen MR) is 115 cm³/mol. The maximum absolute atomic E-state index is 13.5. The first-order valence-corrected chi connectivity index (χ1v) is 10.3. The molecule has 2 aromatic carbocycles. The van der Waals surface area contributed by atoms with E-state index in [9.17, 15) is 18.8 Å². The number of para-hydroxylation sites is 1. The molecule has 3 rings (SSSR count). The van der Waals surface area contributed by atoms with Gasteiger partial charge in [-0.3, -0.25) is 19.3 Å². The molecule has 0 aliphatic carbocycles. The fourth-order valence-corrected chi connectivity index (χ4v) is 3.62. The summed E-state index contributed by atoms with van der Waals surface area (Å²) in [5, 5.41) is 2.24. The van der Waals surface area contributed by atoms with Crippen LogP contribution in [0.1, 0.15) is 12.0 Å². The fraction of sp³-hybridized carbons (Fsp3) is 0.227. The maximum atomic E-state index is 13.5. The van der Waals surface area contributed by atoms with Crippen molar-refractivity contribution in [2.75, 3.05) is 26.8 Å². The Morgan fingerprint density at radius 1 is 1.16 bits per heavy atom. The number of nitrogens with zero attached hydrogens (tertiary/aromatic N) is 1. The minimum Gasteiger partial charge on any atom is -0.497 e. The number of nitrogens with one attached hydrogen (secondary N) is 1. The van der Waals surface area contributed by atoms with E-state index in [1.807, 2.05) is 0 Å². The summed E-state index contributed by atoms with van der Waals surface area (Å²) in [6, 6.07) is 13.0. The van der Waals surface area contributed by atoms with Crippen LogP contribution in [0, 0.1) is 5.82 Å². The zero-order chi connectivity index (χ0) is 22.2. The lowest BCUT2D eigenvalue weighted by Crippen LogP contribution is -2.37. The van der Waals surface area contributed by atoms with Gasteiger partial charge in [0.25, 0.3) is 11.1 Å². The van der Waals surface area contributed by atoms with Gasteiger partial charge in [-0.1, -0.05) is 24.3 Å². The molecule has 162 valence electrons. The molecule has 7 nitrogen and oxygen atoms in total. The van der Waals surface area contributed by atoms with E-state index in [2.05, 4.69) is 5.32 Å². The molecular formula is C22H21FN2O5S. The van der Waals surface area contributed by atoms with Crippen molar-refractivity contribution in [1.82, 2.24) is 10.2 Å². The number of hydrogen-bond acceptors (Lipinski definition) is 6. The molecule has 0 bridgehead atoms. The zero-order valence-corrected chi connectivity index (χ0v) is 17.6. The molecule has 1 aliphatic heterocycles. The van der Waals surface area contributed by atoms with Gasteiger partial charge >= 0.3 is 0 Å². The largest absolute Gasteiger partial charge is 0.497 e. The predicted octanol–water partition coefficient (Wildman–Crippen LogP) is 3.46. The Bertz CT molecular complexity index is 994. The van der Waals surface area contributed by atoms with E-state index in [-0.39, 0.29) is 43.0 Å². The molecule has 9 heteroatoms. The van der Waals surface area contributed by atoms with Crippen LogP contribution >= 0.6 is 11.8 Å².